The van der Waals surface area contributed by atoms with Gasteiger partial charge in [-0.2, -0.15) is 0 Å². The Bertz CT molecular complexity index is 5350. The van der Waals surface area contributed by atoms with Crippen LogP contribution in [0.1, 0.15) is 55.2 Å². The molecule has 15 heteroatoms. The van der Waals surface area contributed by atoms with Crippen LogP contribution in [0.15, 0.2) is 243 Å². The summed E-state index contributed by atoms with van der Waals surface area (Å²) in [5, 5.41) is 61.7. The Labute approximate surface area is 609 Å². The summed E-state index contributed by atoms with van der Waals surface area (Å²) in [6.07, 6.45) is -0.415. The van der Waals surface area contributed by atoms with Crippen molar-refractivity contribution in [3.63, 3.8) is 0 Å². The van der Waals surface area contributed by atoms with Crippen LogP contribution >= 0.6 is 0 Å². The number of aliphatic hydroxyl groups excluding tert-OH is 3. The second-order valence-corrected chi connectivity index (χ2v) is 27.0. The minimum Gasteiger partial charge on any atom is -0.461 e. The van der Waals surface area contributed by atoms with Crippen molar-refractivity contribution in [1.29, 1.82) is 0 Å². The van der Waals surface area contributed by atoms with Crippen molar-refractivity contribution in [2.24, 2.45) is 0 Å². The first-order chi connectivity index (χ1) is 51.5. The zero-order valence-electron chi connectivity index (χ0n) is 58.6. The summed E-state index contributed by atoms with van der Waals surface area (Å²) in [6, 6.07) is 83.1. The van der Waals surface area contributed by atoms with Gasteiger partial charge in [0.1, 0.15) is 19.8 Å². The van der Waals surface area contributed by atoms with Crippen LogP contribution in [0.5, 0.6) is 0 Å². The molecule has 0 aliphatic rings. The van der Waals surface area contributed by atoms with Crippen LogP contribution in [0.25, 0.3) is 108 Å². The van der Waals surface area contributed by atoms with Crippen LogP contribution in [0.3, 0.4) is 0 Å². The lowest BCUT2D eigenvalue weighted by Crippen LogP contribution is -2.25. The van der Waals surface area contributed by atoms with Crippen molar-refractivity contribution in [3.8, 4) is 22.3 Å². The third-order valence-electron chi connectivity index (χ3n) is 19.3. The molecule has 0 aliphatic carbocycles. The fourth-order valence-electron chi connectivity index (χ4n) is 14.0. The Hall–Kier alpha value is -11.0. The summed E-state index contributed by atoms with van der Waals surface area (Å²) >= 11 is 0. The second-order valence-electron chi connectivity index (χ2n) is 27.0. The molecule has 0 aliphatic heterocycles. The fraction of sp³-hybridized carbons (Fsp3) is 0.233. The number of rotatable bonds is 35. The van der Waals surface area contributed by atoms with Gasteiger partial charge in [-0.05, 0) is 182 Å². The van der Waals surface area contributed by atoms with E-state index < -0.39 is 18.3 Å². The molecular formula is C90H85N3O12. The first kappa shape index (κ1) is 71.0. The standard InChI is InChI=1S/C90H85N3O12/c94-71(56-100-39-13-26-86(97)103-53-59-16-4-1-5-17-59)50-91-70-42-69-32-30-63-23-12-24-68-46-79(83(48-70)90(69)89(63)68)67-35-38-77-81(45-67)75-36-33-62-29-31-64(43-78(62)82(75)49-85(77)93-52-73(96)58-102-41-15-28-88(99)105-55-61-20-8-3-9-21-61)65-34-37-76-80(44-65)74-25-11-10-22-66(74)47-84(76)92-51-72(95)57-101-40-14-27-87(98)104-54-60-18-6-2-7-19-60/h1-12,16-25,29-38,42-49,71-73,91-96H,13-15,26-28,39-41,50-58H2. The van der Waals surface area contributed by atoms with Crippen LogP contribution in [-0.4, -0.2) is 111 Å². The largest absolute Gasteiger partial charge is 0.461 e. The predicted octanol–water partition coefficient (Wildman–Crippen LogP) is 17.6. The lowest BCUT2D eigenvalue weighted by molar-refractivity contribution is -0.146. The number of benzene rings is 14. The maximum atomic E-state index is 12.6. The minimum atomic E-state index is -0.871. The Morgan fingerprint density at radius 2 is 0.743 bits per heavy atom. The van der Waals surface area contributed by atoms with Crippen molar-refractivity contribution in [1.82, 2.24) is 0 Å². The molecule has 0 fully saturated rings. The van der Waals surface area contributed by atoms with E-state index in [1.165, 1.54) is 5.39 Å². The summed E-state index contributed by atoms with van der Waals surface area (Å²) < 4.78 is 33.9. The van der Waals surface area contributed by atoms with E-state index in [-0.39, 0.29) is 103 Å². The van der Waals surface area contributed by atoms with Crippen LogP contribution in [0, 0.1) is 0 Å². The molecular weight excluding hydrogens is 1310 g/mol. The number of carbonyl (C=O) groups is 3. The van der Waals surface area contributed by atoms with Gasteiger partial charge in [-0.1, -0.05) is 194 Å². The molecule has 14 rings (SSSR count). The lowest BCUT2D eigenvalue weighted by atomic mass is 9.87. The highest BCUT2D eigenvalue weighted by Crippen LogP contribution is 2.45. The van der Waals surface area contributed by atoms with E-state index in [1.54, 1.807) is 0 Å². The van der Waals surface area contributed by atoms with E-state index in [0.29, 0.717) is 32.5 Å². The lowest BCUT2D eigenvalue weighted by Gasteiger charge is -2.20. The van der Waals surface area contributed by atoms with Gasteiger partial charge in [0, 0.05) is 86.6 Å². The van der Waals surface area contributed by atoms with Gasteiger partial charge in [-0.25, -0.2) is 0 Å². The average molecular weight is 1400 g/mol. The molecule has 105 heavy (non-hydrogen) atoms. The van der Waals surface area contributed by atoms with Crippen LogP contribution in [0.4, 0.5) is 17.1 Å². The van der Waals surface area contributed by atoms with E-state index in [9.17, 15) is 29.7 Å². The molecule has 14 aromatic carbocycles. The molecule has 0 saturated heterocycles. The van der Waals surface area contributed by atoms with E-state index in [4.69, 9.17) is 28.4 Å². The Kier molecular flexibility index (Phi) is 23.0. The van der Waals surface area contributed by atoms with Crippen molar-refractivity contribution in [2.75, 3.05) is 75.2 Å². The minimum absolute atomic E-state index is 0.0644. The third-order valence-corrected chi connectivity index (χ3v) is 19.3. The maximum Gasteiger partial charge on any atom is 0.306 e. The fourth-order valence-corrected chi connectivity index (χ4v) is 14.0. The number of anilines is 3. The van der Waals surface area contributed by atoms with Crippen molar-refractivity contribution >= 4 is 121 Å². The number of hydrogen-bond donors (Lipinski definition) is 6. The molecule has 0 radical (unpaired) electrons. The van der Waals surface area contributed by atoms with E-state index >= 15 is 0 Å². The zero-order valence-corrected chi connectivity index (χ0v) is 58.6. The Morgan fingerprint density at radius 1 is 0.314 bits per heavy atom. The highest BCUT2D eigenvalue weighted by molar-refractivity contribution is 6.28. The molecule has 0 bridgehead atoms. The molecule has 14 aromatic rings. The van der Waals surface area contributed by atoms with Crippen molar-refractivity contribution in [2.45, 2.75) is 76.7 Å². The monoisotopic (exact) mass is 1400 g/mol. The number of ether oxygens (including phenoxy) is 6. The number of esters is 3. The third kappa shape index (κ3) is 17.6. The zero-order chi connectivity index (χ0) is 71.9. The summed E-state index contributed by atoms with van der Waals surface area (Å²) in [4.78, 5) is 37.4. The first-order valence-corrected chi connectivity index (χ1v) is 36.2. The topological polar surface area (TPSA) is 203 Å². The molecule has 0 heterocycles. The van der Waals surface area contributed by atoms with Gasteiger partial charge in [0.25, 0.3) is 0 Å². The van der Waals surface area contributed by atoms with E-state index in [1.807, 2.05) is 97.1 Å². The van der Waals surface area contributed by atoms with Gasteiger partial charge < -0.3 is 59.7 Å². The molecule has 0 amide bonds. The first-order valence-electron chi connectivity index (χ1n) is 36.2. The Morgan fingerprint density at radius 3 is 1.33 bits per heavy atom. The molecule has 15 nitrogen and oxygen atoms in total. The summed E-state index contributed by atoms with van der Waals surface area (Å²) in [6.45, 7) is 2.54. The average Bonchev–Trinajstić information content (AvgIpc) is 0.742. The van der Waals surface area contributed by atoms with Crippen molar-refractivity contribution in [3.05, 3.63) is 259 Å². The van der Waals surface area contributed by atoms with E-state index in [0.717, 1.165) is 137 Å². The van der Waals surface area contributed by atoms with Crippen molar-refractivity contribution < 1.29 is 58.1 Å². The quantitative estimate of drug-likeness (QED) is 0.00947. The van der Waals surface area contributed by atoms with Gasteiger partial charge in [0.2, 0.25) is 0 Å². The summed E-state index contributed by atoms with van der Waals surface area (Å²) in [5.74, 6) is -0.875. The SMILES string of the molecule is O=C(CCCOCC(O)CNc1cc2ccc3cccc4cc(-c5ccc6c(NCC(O)COCCCC(=O)OCc7ccccc7)cc7c8cc(-c9ccc%10c(NCC(O)COCCCC(=O)OCc%11ccccc%11)cc%11ccccc%11c%10c9)ccc8ccc7c6c5)c(c1)c2c34)OCc1ccccc1. The molecule has 3 atom stereocenters. The van der Waals surface area contributed by atoms with Gasteiger partial charge in [0.15, 0.2) is 0 Å². The highest BCUT2D eigenvalue weighted by Gasteiger charge is 2.20. The van der Waals surface area contributed by atoms with Crippen LogP contribution in [0.2, 0.25) is 0 Å². The molecule has 0 spiro atoms. The van der Waals surface area contributed by atoms with Crippen LogP contribution < -0.4 is 16.0 Å². The van der Waals surface area contributed by atoms with Gasteiger partial charge in [-0.15, -0.1) is 0 Å². The maximum absolute atomic E-state index is 12.6. The number of fused-ring (bicyclic) bond motifs is 8. The number of aliphatic hydroxyl groups is 3. The summed E-state index contributed by atoms with van der Waals surface area (Å²) in [5.41, 5.74) is 9.50. The number of carbonyl (C=O) groups excluding carboxylic acids is 3. The number of nitrogens with one attached hydrogen (secondary N) is 3. The van der Waals surface area contributed by atoms with Gasteiger partial charge in [-0.3, -0.25) is 14.4 Å². The normalized spacial score (nSPS) is 12.6. The second kappa shape index (κ2) is 34.1. The molecule has 3 unspecified atom stereocenters. The van der Waals surface area contributed by atoms with E-state index in [2.05, 4.69) is 162 Å². The molecule has 532 valence electrons. The smallest absolute Gasteiger partial charge is 0.306 e. The van der Waals surface area contributed by atoms with Gasteiger partial charge in [0.05, 0.1) is 38.1 Å². The van der Waals surface area contributed by atoms with Crippen LogP contribution in [-0.2, 0) is 62.6 Å². The molecule has 0 aromatic heterocycles. The highest BCUT2D eigenvalue weighted by atomic mass is 16.5. The predicted molar refractivity (Wildman–Crippen MR) is 421 cm³/mol. The Balaban J connectivity index is 0.731. The summed E-state index contributed by atoms with van der Waals surface area (Å²) in [7, 11) is 0. The molecule has 0 saturated carbocycles. The van der Waals surface area contributed by atoms with Gasteiger partial charge >= 0.3 is 17.9 Å². The molecule has 6 N–H and O–H groups in total. The number of hydrogen-bond acceptors (Lipinski definition) is 15.